The minimum atomic E-state index is -0.243. The third-order valence-corrected chi connectivity index (χ3v) is 5.92. The first-order chi connectivity index (χ1) is 14.5. The van der Waals surface area contributed by atoms with Gasteiger partial charge < -0.3 is 9.88 Å². The molecule has 30 heavy (non-hydrogen) atoms. The Morgan fingerprint density at radius 3 is 2.50 bits per heavy atom. The number of carbonyl (C=O) groups excluding carboxylic acids is 3. The number of benzene rings is 1. The predicted molar refractivity (Wildman–Crippen MR) is 111 cm³/mol. The van der Waals surface area contributed by atoms with Gasteiger partial charge in [0.25, 0.3) is 0 Å². The molecule has 1 fully saturated rings. The molecule has 7 heteroatoms. The molecule has 0 saturated carbocycles. The van der Waals surface area contributed by atoms with Crippen LogP contribution in [-0.2, 0) is 27.5 Å². The second kappa shape index (κ2) is 8.65. The van der Waals surface area contributed by atoms with Gasteiger partial charge in [-0.2, -0.15) is 0 Å². The van der Waals surface area contributed by atoms with E-state index in [0.29, 0.717) is 19.4 Å². The number of nitrogens with zero attached hydrogens (tertiary/aromatic N) is 3. The Labute approximate surface area is 175 Å². The van der Waals surface area contributed by atoms with Crippen molar-refractivity contribution in [1.82, 2.24) is 19.8 Å². The van der Waals surface area contributed by atoms with Crippen molar-refractivity contribution in [1.29, 1.82) is 0 Å². The van der Waals surface area contributed by atoms with Crippen molar-refractivity contribution in [2.24, 2.45) is 11.8 Å². The Bertz CT molecular complexity index is 968. The van der Waals surface area contributed by atoms with Gasteiger partial charge in [0, 0.05) is 38.4 Å². The number of carbonyl (C=O) groups is 3. The Hall–Kier alpha value is -3.22. The smallest absolute Gasteiger partial charge is 0.233 e. The summed E-state index contributed by atoms with van der Waals surface area (Å²) in [6, 6.07) is 8.05. The molecule has 1 N–H and O–H groups in total. The summed E-state index contributed by atoms with van der Waals surface area (Å²) in [4.78, 5) is 42.7. The van der Waals surface area contributed by atoms with Crippen LogP contribution >= 0.6 is 0 Å². The van der Waals surface area contributed by atoms with E-state index in [-0.39, 0.29) is 42.5 Å². The van der Waals surface area contributed by atoms with Gasteiger partial charge in [-0.25, -0.2) is 4.98 Å². The number of nitrogens with one attached hydrogen (secondary N) is 1. The lowest BCUT2D eigenvalue weighted by Crippen LogP contribution is -2.35. The number of rotatable bonds is 7. The molecule has 7 nitrogen and oxygen atoms in total. The number of imidazole rings is 1. The molecule has 2 atom stereocenters. The molecule has 1 aromatic carbocycles. The fourth-order valence-corrected chi connectivity index (χ4v) is 4.20. The van der Waals surface area contributed by atoms with Gasteiger partial charge in [-0.3, -0.25) is 19.3 Å². The Morgan fingerprint density at radius 1 is 1.13 bits per heavy atom. The van der Waals surface area contributed by atoms with E-state index in [2.05, 4.69) is 20.9 Å². The number of allylic oxidation sites excluding steroid dienone is 2. The minimum absolute atomic E-state index is 0.123. The number of likely N-dealkylation sites (tertiary alicyclic amines) is 1. The molecule has 1 saturated heterocycles. The van der Waals surface area contributed by atoms with Gasteiger partial charge in [0.1, 0.15) is 5.82 Å². The number of fused-ring (bicyclic) bond motifs is 1. The maximum absolute atomic E-state index is 12.5. The number of imide groups is 1. The number of hydrogen-bond acceptors (Lipinski definition) is 4. The van der Waals surface area contributed by atoms with Gasteiger partial charge in [-0.15, -0.1) is 0 Å². The van der Waals surface area contributed by atoms with Crippen LogP contribution in [-0.4, -0.2) is 38.7 Å². The van der Waals surface area contributed by atoms with Crippen molar-refractivity contribution in [2.45, 2.75) is 39.3 Å². The Balaban J connectivity index is 1.27. The minimum Gasteiger partial charge on any atom is -0.352 e. The normalized spacial score (nSPS) is 20.5. The number of amides is 3. The molecule has 2 unspecified atom stereocenters. The lowest BCUT2D eigenvalue weighted by Gasteiger charge is -2.14. The summed E-state index contributed by atoms with van der Waals surface area (Å²) in [5.41, 5.74) is 2.14. The summed E-state index contributed by atoms with van der Waals surface area (Å²) >= 11 is 0. The van der Waals surface area contributed by atoms with Crippen LogP contribution in [0.2, 0.25) is 0 Å². The van der Waals surface area contributed by atoms with Gasteiger partial charge >= 0.3 is 0 Å². The highest BCUT2D eigenvalue weighted by Gasteiger charge is 2.46. The lowest BCUT2D eigenvalue weighted by atomic mass is 9.85. The van der Waals surface area contributed by atoms with Gasteiger partial charge in [-0.1, -0.05) is 36.4 Å². The van der Waals surface area contributed by atoms with Gasteiger partial charge in [0.15, 0.2) is 0 Å². The molecule has 3 amide bonds. The van der Waals surface area contributed by atoms with E-state index in [4.69, 9.17) is 0 Å². The van der Waals surface area contributed by atoms with Gasteiger partial charge in [0.2, 0.25) is 17.7 Å². The van der Waals surface area contributed by atoms with Crippen LogP contribution in [0.15, 0.2) is 48.8 Å². The summed E-state index contributed by atoms with van der Waals surface area (Å²) in [6.07, 6.45) is 9.01. The summed E-state index contributed by atoms with van der Waals surface area (Å²) in [6.45, 7) is 3.25. The van der Waals surface area contributed by atoms with E-state index >= 15 is 0 Å². The monoisotopic (exact) mass is 406 g/mol. The van der Waals surface area contributed by atoms with E-state index in [1.54, 1.807) is 6.20 Å². The summed E-state index contributed by atoms with van der Waals surface area (Å²) in [7, 11) is 0. The van der Waals surface area contributed by atoms with E-state index in [1.165, 1.54) is 4.90 Å². The Kier molecular flexibility index (Phi) is 5.79. The number of aromatic nitrogens is 2. The molecule has 0 bridgehead atoms. The van der Waals surface area contributed by atoms with Crippen LogP contribution < -0.4 is 5.32 Å². The van der Waals surface area contributed by atoms with Crippen molar-refractivity contribution < 1.29 is 14.4 Å². The molecule has 1 aromatic heterocycles. The maximum atomic E-state index is 12.5. The number of hydrogen-bond donors (Lipinski definition) is 1. The van der Waals surface area contributed by atoms with Crippen LogP contribution in [0.25, 0.3) is 0 Å². The molecular formula is C23H26N4O3. The topological polar surface area (TPSA) is 84.3 Å². The third kappa shape index (κ3) is 4.20. The molecule has 156 valence electrons. The van der Waals surface area contributed by atoms with Crippen LogP contribution in [0.5, 0.6) is 0 Å². The van der Waals surface area contributed by atoms with Crippen molar-refractivity contribution in [2.75, 3.05) is 6.54 Å². The first-order valence-electron chi connectivity index (χ1n) is 10.4. The zero-order valence-electron chi connectivity index (χ0n) is 17.1. The fourth-order valence-electron chi connectivity index (χ4n) is 4.20. The first kappa shape index (κ1) is 20.1. The quantitative estimate of drug-likeness (QED) is 0.564. The highest BCUT2D eigenvalue weighted by Crippen LogP contribution is 2.34. The van der Waals surface area contributed by atoms with Gasteiger partial charge in [-0.05, 0) is 30.9 Å². The molecule has 2 heterocycles. The van der Waals surface area contributed by atoms with Crippen LogP contribution in [0.3, 0.4) is 0 Å². The van der Waals surface area contributed by atoms with E-state index in [0.717, 1.165) is 23.5 Å². The molecular weight excluding hydrogens is 380 g/mol. The zero-order valence-corrected chi connectivity index (χ0v) is 17.1. The molecule has 2 aliphatic rings. The van der Waals surface area contributed by atoms with Crippen LogP contribution in [0, 0.1) is 18.8 Å². The molecule has 4 rings (SSSR count). The van der Waals surface area contributed by atoms with E-state index in [9.17, 15) is 14.4 Å². The van der Waals surface area contributed by atoms with Crippen molar-refractivity contribution >= 4 is 17.7 Å². The average molecular weight is 406 g/mol. The second-order valence-electron chi connectivity index (χ2n) is 7.93. The fraction of sp³-hybridized carbons (Fsp3) is 0.391. The van der Waals surface area contributed by atoms with E-state index < -0.39 is 0 Å². The highest BCUT2D eigenvalue weighted by molar-refractivity contribution is 6.05. The van der Waals surface area contributed by atoms with Gasteiger partial charge in [0.05, 0.1) is 11.8 Å². The Morgan fingerprint density at radius 2 is 1.83 bits per heavy atom. The van der Waals surface area contributed by atoms with Crippen molar-refractivity contribution in [3.63, 3.8) is 0 Å². The van der Waals surface area contributed by atoms with E-state index in [1.807, 2.05) is 43.5 Å². The molecule has 1 aliphatic heterocycles. The standard InChI is InChI=1S/C23H26N4O3/c1-16-24-10-12-26(16)15-18-6-4-5-17(13-18)14-25-21(28)9-11-27-22(29)19-7-2-3-8-20(19)23(27)30/h2-6,10,12-13,19-20H,7-9,11,14-15H2,1H3,(H,25,28). The second-order valence-corrected chi connectivity index (χ2v) is 7.93. The predicted octanol–water partition coefficient (Wildman–Crippen LogP) is 2.20. The van der Waals surface area contributed by atoms with Crippen LogP contribution in [0.4, 0.5) is 0 Å². The van der Waals surface area contributed by atoms with Crippen LogP contribution in [0.1, 0.15) is 36.2 Å². The zero-order chi connectivity index (χ0) is 21.1. The largest absolute Gasteiger partial charge is 0.352 e. The maximum Gasteiger partial charge on any atom is 0.233 e. The molecule has 0 spiro atoms. The lowest BCUT2D eigenvalue weighted by molar-refractivity contribution is -0.140. The average Bonchev–Trinajstić information content (AvgIpc) is 3.26. The molecule has 2 aromatic rings. The first-order valence-corrected chi connectivity index (χ1v) is 10.4. The highest BCUT2D eigenvalue weighted by atomic mass is 16.2. The number of aryl methyl sites for hydroxylation is 1. The van der Waals surface area contributed by atoms with Crippen molar-refractivity contribution in [3.05, 3.63) is 65.8 Å². The molecule has 0 radical (unpaired) electrons. The third-order valence-electron chi connectivity index (χ3n) is 5.92. The summed E-state index contributed by atoms with van der Waals surface area (Å²) in [5, 5.41) is 2.89. The summed E-state index contributed by atoms with van der Waals surface area (Å²) < 4.78 is 2.06. The molecule has 1 aliphatic carbocycles. The SMILES string of the molecule is Cc1nccn1Cc1cccc(CNC(=O)CCN2C(=O)C3CC=CCC3C2=O)c1. The van der Waals surface area contributed by atoms with Crippen molar-refractivity contribution in [3.8, 4) is 0 Å². The summed E-state index contributed by atoms with van der Waals surface area (Å²) in [5.74, 6) is 0.0314.